The largest absolute Gasteiger partial charge is 0.508 e. The van der Waals surface area contributed by atoms with E-state index >= 15 is 0 Å². The van der Waals surface area contributed by atoms with Crippen molar-refractivity contribution >= 4 is 0 Å². The third-order valence-corrected chi connectivity index (χ3v) is 4.27. The average Bonchev–Trinajstić information content (AvgIpc) is 2.40. The minimum absolute atomic E-state index is 0.211. The van der Waals surface area contributed by atoms with Crippen molar-refractivity contribution in [3.05, 3.63) is 29.8 Å². The van der Waals surface area contributed by atoms with Crippen LogP contribution in [0.2, 0.25) is 0 Å². The van der Waals surface area contributed by atoms with Gasteiger partial charge in [0, 0.05) is 17.6 Å². The van der Waals surface area contributed by atoms with E-state index in [9.17, 15) is 5.11 Å². The van der Waals surface area contributed by atoms with Crippen LogP contribution in [0.4, 0.5) is 0 Å². The first-order valence-corrected chi connectivity index (χ1v) is 7.22. The summed E-state index contributed by atoms with van der Waals surface area (Å²) < 4.78 is 0. The zero-order chi connectivity index (χ0) is 13.0. The zero-order valence-corrected chi connectivity index (χ0v) is 11.5. The van der Waals surface area contributed by atoms with Gasteiger partial charge in [0.25, 0.3) is 0 Å². The Labute approximate surface area is 110 Å². The highest BCUT2D eigenvalue weighted by Gasteiger charge is 2.22. The maximum Gasteiger partial charge on any atom is 0.120 e. The number of phenols is 1. The summed E-state index contributed by atoms with van der Waals surface area (Å²) in [6, 6.07) is 8.36. The Morgan fingerprint density at radius 2 is 1.78 bits per heavy atom. The number of rotatable bonds is 4. The predicted molar refractivity (Wildman–Crippen MR) is 75.7 cm³/mol. The first kappa shape index (κ1) is 13.4. The molecule has 0 amide bonds. The molecule has 0 heterocycles. The predicted octanol–water partition coefficient (Wildman–Crippen LogP) is 4.01. The molecule has 2 atom stereocenters. The number of hydrogen-bond donors (Lipinski definition) is 2. The summed E-state index contributed by atoms with van der Waals surface area (Å²) in [7, 11) is 0. The molecule has 2 unspecified atom stereocenters. The molecular formula is C16H25NO. The summed E-state index contributed by atoms with van der Waals surface area (Å²) in [5, 5.41) is 13.5. The van der Waals surface area contributed by atoms with Crippen molar-refractivity contribution in [1.29, 1.82) is 0 Å². The van der Waals surface area contributed by atoms with Crippen molar-refractivity contribution in [2.24, 2.45) is 5.92 Å². The van der Waals surface area contributed by atoms with Crippen LogP contribution in [0.1, 0.15) is 57.6 Å². The molecule has 2 rings (SSSR count). The third kappa shape index (κ3) is 3.26. The molecule has 0 aromatic heterocycles. The molecule has 1 aromatic carbocycles. The molecule has 0 saturated heterocycles. The quantitative estimate of drug-likeness (QED) is 0.842. The number of aromatic hydroxyl groups is 1. The lowest BCUT2D eigenvalue weighted by Gasteiger charge is -2.31. The molecule has 0 bridgehead atoms. The van der Waals surface area contributed by atoms with Gasteiger partial charge in [-0.1, -0.05) is 37.5 Å². The monoisotopic (exact) mass is 247 g/mol. The summed E-state index contributed by atoms with van der Waals surface area (Å²) in [5.41, 5.74) is 1.00. The highest BCUT2D eigenvalue weighted by Crippen LogP contribution is 2.29. The fourth-order valence-corrected chi connectivity index (χ4v) is 3.11. The molecule has 2 N–H and O–H groups in total. The van der Waals surface area contributed by atoms with E-state index in [1.807, 2.05) is 18.2 Å². The summed E-state index contributed by atoms with van der Waals surface area (Å²) in [6.07, 6.45) is 6.85. The lowest BCUT2D eigenvalue weighted by Crippen LogP contribution is -2.36. The molecule has 100 valence electrons. The van der Waals surface area contributed by atoms with Crippen LogP contribution < -0.4 is 5.32 Å². The van der Waals surface area contributed by atoms with Crippen LogP contribution in [0.25, 0.3) is 0 Å². The highest BCUT2D eigenvalue weighted by molar-refractivity contribution is 5.34. The molecule has 1 aliphatic rings. The van der Waals surface area contributed by atoms with Crippen molar-refractivity contribution < 1.29 is 5.11 Å². The van der Waals surface area contributed by atoms with Gasteiger partial charge in [-0.05, 0) is 38.7 Å². The van der Waals surface area contributed by atoms with Crippen molar-refractivity contribution in [2.45, 2.75) is 58.0 Å². The van der Waals surface area contributed by atoms with Gasteiger partial charge >= 0.3 is 0 Å². The molecule has 2 nitrogen and oxygen atoms in total. The minimum Gasteiger partial charge on any atom is -0.508 e. The second-order valence-electron chi connectivity index (χ2n) is 5.63. The smallest absolute Gasteiger partial charge is 0.120 e. The molecule has 0 radical (unpaired) electrons. The van der Waals surface area contributed by atoms with Crippen LogP contribution in [0.5, 0.6) is 5.75 Å². The van der Waals surface area contributed by atoms with Crippen LogP contribution in [0.15, 0.2) is 24.3 Å². The van der Waals surface area contributed by atoms with E-state index in [1.54, 1.807) is 6.07 Å². The lowest BCUT2D eigenvalue weighted by atomic mass is 9.84. The SMILES string of the molecule is CC(NC(C)C1CCCCC1)c1ccccc1O. The Morgan fingerprint density at radius 3 is 2.44 bits per heavy atom. The van der Waals surface area contributed by atoms with E-state index in [-0.39, 0.29) is 6.04 Å². The molecule has 1 aromatic rings. The van der Waals surface area contributed by atoms with Gasteiger partial charge in [0.2, 0.25) is 0 Å². The van der Waals surface area contributed by atoms with Crippen LogP contribution in [0.3, 0.4) is 0 Å². The van der Waals surface area contributed by atoms with Gasteiger partial charge in [0.05, 0.1) is 0 Å². The van der Waals surface area contributed by atoms with Crippen molar-refractivity contribution in [1.82, 2.24) is 5.32 Å². The van der Waals surface area contributed by atoms with Gasteiger partial charge in [-0.3, -0.25) is 0 Å². The maximum absolute atomic E-state index is 9.86. The van der Waals surface area contributed by atoms with Gasteiger partial charge in [-0.15, -0.1) is 0 Å². The van der Waals surface area contributed by atoms with E-state index in [0.29, 0.717) is 11.8 Å². The summed E-state index contributed by atoms with van der Waals surface area (Å²) in [5.74, 6) is 1.19. The van der Waals surface area contributed by atoms with Crippen molar-refractivity contribution in [2.75, 3.05) is 0 Å². The molecule has 0 spiro atoms. The molecule has 0 aliphatic heterocycles. The zero-order valence-electron chi connectivity index (χ0n) is 11.5. The fraction of sp³-hybridized carbons (Fsp3) is 0.625. The summed E-state index contributed by atoms with van der Waals surface area (Å²) in [6.45, 7) is 4.42. The number of phenolic OH excluding ortho intramolecular Hbond substituents is 1. The Bertz CT molecular complexity index is 371. The number of benzene rings is 1. The average molecular weight is 247 g/mol. The number of hydrogen-bond acceptors (Lipinski definition) is 2. The lowest BCUT2D eigenvalue weighted by molar-refractivity contribution is 0.267. The van der Waals surface area contributed by atoms with Crippen molar-refractivity contribution in [3.8, 4) is 5.75 Å². The van der Waals surface area contributed by atoms with Crippen LogP contribution in [-0.2, 0) is 0 Å². The first-order valence-electron chi connectivity index (χ1n) is 7.22. The van der Waals surface area contributed by atoms with Gasteiger partial charge in [0.1, 0.15) is 5.75 Å². The highest BCUT2D eigenvalue weighted by atomic mass is 16.3. The standard InChI is InChI=1S/C16H25NO/c1-12(14-8-4-3-5-9-14)17-13(2)15-10-6-7-11-16(15)18/h6-7,10-14,17-18H,3-5,8-9H2,1-2H3. The Balaban J connectivity index is 1.94. The second kappa shape index (κ2) is 6.24. The Hall–Kier alpha value is -1.02. The second-order valence-corrected chi connectivity index (χ2v) is 5.63. The summed E-state index contributed by atoms with van der Waals surface area (Å²) in [4.78, 5) is 0. The topological polar surface area (TPSA) is 32.3 Å². The first-order chi connectivity index (χ1) is 8.68. The maximum atomic E-state index is 9.86. The van der Waals surface area contributed by atoms with E-state index in [2.05, 4.69) is 19.2 Å². The van der Waals surface area contributed by atoms with E-state index in [1.165, 1.54) is 32.1 Å². The van der Waals surface area contributed by atoms with Gasteiger partial charge in [0.15, 0.2) is 0 Å². The van der Waals surface area contributed by atoms with E-state index < -0.39 is 0 Å². The van der Waals surface area contributed by atoms with E-state index in [4.69, 9.17) is 0 Å². The van der Waals surface area contributed by atoms with Crippen LogP contribution >= 0.6 is 0 Å². The number of para-hydroxylation sites is 1. The van der Waals surface area contributed by atoms with Crippen molar-refractivity contribution in [3.63, 3.8) is 0 Å². The fourth-order valence-electron chi connectivity index (χ4n) is 3.11. The third-order valence-electron chi connectivity index (χ3n) is 4.27. The van der Waals surface area contributed by atoms with Gasteiger partial charge in [-0.2, -0.15) is 0 Å². The Morgan fingerprint density at radius 1 is 1.11 bits per heavy atom. The molecule has 18 heavy (non-hydrogen) atoms. The van der Waals surface area contributed by atoms with Crippen LogP contribution in [-0.4, -0.2) is 11.1 Å². The molecule has 2 heteroatoms. The molecule has 1 saturated carbocycles. The van der Waals surface area contributed by atoms with Gasteiger partial charge in [-0.25, -0.2) is 0 Å². The van der Waals surface area contributed by atoms with Crippen LogP contribution in [0, 0.1) is 5.92 Å². The van der Waals surface area contributed by atoms with E-state index in [0.717, 1.165) is 11.5 Å². The number of nitrogens with one attached hydrogen (secondary N) is 1. The summed E-state index contributed by atoms with van der Waals surface area (Å²) >= 11 is 0. The molecule has 1 aliphatic carbocycles. The normalized spacial score (nSPS) is 20.6. The Kier molecular flexibility index (Phi) is 4.65. The van der Waals surface area contributed by atoms with Gasteiger partial charge < -0.3 is 10.4 Å². The minimum atomic E-state index is 0.211. The molecular weight excluding hydrogens is 222 g/mol. The molecule has 1 fully saturated rings.